The highest BCUT2D eigenvalue weighted by atomic mass is 19.1. The van der Waals surface area contributed by atoms with E-state index in [1.807, 2.05) is 18.2 Å². The fraction of sp³-hybridized carbons (Fsp3) is 0.355. The first-order valence-electron chi connectivity index (χ1n) is 13.2. The minimum atomic E-state index is -1.82. The van der Waals surface area contributed by atoms with E-state index in [9.17, 15) is 13.9 Å². The monoisotopic (exact) mass is 555 g/mol. The number of likely N-dealkylation sites (tertiary alicyclic amines) is 1. The maximum absolute atomic E-state index is 13.4. The summed E-state index contributed by atoms with van der Waals surface area (Å²) in [5.41, 5.74) is 2.88. The van der Waals surface area contributed by atoms with Gasteiger partial charge in [-0.05, 0) is 85.6 Å². The minimum absolute atomic E-state index is 0.290. The lowest BCUT2D eigenvalue weighted by molar-refractivity contribution is -0.159. The van der Waals surface area contributed by atoms with Crippen LogP contribution in [0.5, 0.6) is 0 Å². The summed E-state index contributed by atoms with van der Waals surface area (Å²) in [6.07, 6.45) is 3.09. The molecule has 0 saturated carbocycles. The summed E-state index contributed by atoms with van der Waals surface area (Å²) in [5.74, 6) is -3.65. The van der Waals surface area contributed by atoms with Crippen molar-refractivity contribution >= 4 is 11.9 Å². The van der Waals surface area contributed by atoms with Crippen molar-refractivity contribution in [2.45, 2.75) is 37.9 Å². The molecule has 40 heavy (non-hydrogen) atoms. The van der Waals surface area contributed by atoms with Gasteiger partial charge in [0.2, 0.25) is 0 Å². The van der Waals surface area contributed by atoms with Crippen LogP contribution >= 0.6 is 0 Å². The fourth-order valence-electron chi connectivity index (χ4n) is 4.72. The maximum atomic E-state index is 13.4. The number of aliphatic hydroxyl groups is 1. The zero-order valence-electron chi connectivity index (χ0n) is 22.2. The van der Waals surface area contributed by atoms with Gasteiger partial charge in [-0.1, -0.05) is 54.6 Å². The number of ether oxygens (including phenoxy) is 1. The normalized spacial score (nSPS) is 14.8. The van der Waals surface area contributed by atoms with Crippen molar-refractivity contribution in [3.05, 3.63) is 107 Å². The van der Waals surface area contributed by atoms with Crippen LogP contribution in [0.4, 0.5) is 8.78 Å². The second kappa shape index (κ2) is 15.8. The maximum Gasteiger partial charge on any atom is 0.414 e. The molecular weight excluding hydrogens is 520 g/mol. The van der Waals surface area contributed by atoms with E-state index in [2.05, 4.69) is 17.0 Å². The van der Waals surface area contributed by atoms with E-state index in [1.165, 1.54) is 29.8 Å². The molecule has 0 bridgehead atoms. The molecule has 0 radical (unpaired) electrons. The fourth-order valence-corrected chi connectivity index (χ4v) is 4.72. The highest BCUT2D eigenvalue weighted by Crippen LogP contribution is 2.28. The van der Waals surface area contributed by atoms with Crippen LogP contribution in [-0.2, 0) is 20.7 Å². The molecule has 1 saturated heterocycles. The van der Waals surface area contributed by atoms with E-state index in [0.717, 1.165) is 43.5 Å². The van der Waals surface area contributed by atoms with Gasteiger partial charge in [-0.3, -0.25) is 0 Å². The van der Waals surface area contributed by atoms with Crippen LogP contribution in [0.2, 0.25) is 0 Å². The Balaban J connectivity index is 0.000000663. The van der Waals surface area contributed by atoms with Gasteiger partial charge in [0, 0.05) is 13.2 Å². The Hall–Kier alpha value is -3.66. The molecule has 0 aliphatic carbocycles. The molecule has 1 heterocycles. The van der Waals surface area contributed by atoms with Gasteiger partial charge >= 0.3 is 11.9 Å². The quantitative estimate of drug-likeness (QED) is 0.305. The SMILES string of the molecule is O=C(O)C(=O)O.O[C@@H](Cc1ccccc1)CN1CCC(CCOC(c2ccc(F)cc2)c2ccc(F)cc2)CC1. The number of hydrogen-bond acceptors (Lipinski definition) is 5. The lowest BCUT2D eigenvalue weighted by Crippen LogP contribution is -2.39. The van der Waals surface area contributed by atoms with Crippen molar-refractivity contribution in [2.75, 3.05) is 26.2 Å². The van der Waals surface area contributed by atoms with E-state index in [0.29, 0.717) is 25.5 Å². The van der Waals surface area contributed by atoms with E-state index in [1.54, 1.807) is 24.3 Å². The Morgan fingerprint density at radius 1 is 0.825 bits per heavy atom. The Morgan fingerprint density at radius 3 is 1.80 bits per heavy atom. The van der Waals surface area contributed by atoms with Crippen LogP contribution in [-0.4, -0.2) is 64.5 Å². The highest BCUT2D eigenvalue weighted by molar-refractivity contribution is 6.27. The summed E-state index contributed by atoms with van der Waals surface area (Å²) in [5, 5.41) is 25.2. The van der Waals surface area contributed by atoms with Gasteiger partial charge in [0.05, 0.1) is 6.10 Å². The van der Waals surface area contributed by atoms with Crippen LogP contribution in [0.1, 0.15) is 42.1 Å². The number of rotatable bonds is 10. The summed E-state index contributed by atoms with van der Waals surface area (Å²) < 4.78 is 33.1. The Morgan fingerprint density at radius 2 is 1.32 bits per heavy atom. The van der Waals surface area contributed by atoms with Crippen molar-refractivity contribution in [3.8, 4) is 0 Å². The summed E-state index contributed by atoms with van der Waals surface area (Å²) in [6, 6.07) is 22.7. The van der Waals surface area contributed by atoms with Crippen LogP contribution in [0.25, 0.3) is 0 Å². The zero-order valence-corrected chi connectivity index (χ0v) is 22.2. The first-order valence-corrected chi connectivity index (χ1v) is 13.2. The molecule has 4 rings (SSSR count). The molecule has 0 unspecified atom stereocenters. The Labute approximate surface area is 232 Å². The van der Waals surface area contributed by atoms with Crippen molar-refractivity contribution < 1.29 is 38.4 Å². The minimum Gasteiger partial charge on any atom is -0.473 e. The Bertz CT molecular complexity index is 1130. The number of β-amino-alcohol motifs (C(OH)–C–C–N with tert-alkyl or cyclic N) is 1. The summed E-state index contributed by atoms with van der Waals surface area (Å²) in [7, 11) is 0. The largest absolute Gasteiger partial charge is 0.473 e. The molecule has 7 nitrogen and oxygen atoms in total. The van der Waals surface area contributed by atoms with Crippen LogP contribution in [0, 0.1) is 17.6 Å². The molecule has 1 atom stereocenters. The van der Waals surface area contributed by atoms with Gasteiger partial charge in [0.1, 0.15) is 17.7 Å². The smallest absolute Gasteiger partial charge is 0.414 e. The van der Waals surface area contributed by atoms with E-state index in [4.69, 9.17) is 24.5 Å². The highest BCUT2D eigenvalue weighted by Gasteiger charge is 2.22. The summed E-state index contributed by atoms with van der Waals surface area (Å²) in [6.45, 7) is 3.25. The number of carboxylic acid groups (broad SMARTS) is 2. The average Bonchev–Trinajstić information content (AvgIpc) is 2.94. The molecule has 3 aromatic carbocycles. The van der Waals surface area contributed by atoms with Crippen molar-refractivity contribution in [2.24, 2.45) is 5.92 Å². The van der Waals surface area contributed by atoms with E-state index < -0.39 is 11.9 Å². The molecule has 3 N–H and O–H groups in total. The number of carbonyl (C=O) groups is 2. The van der Waals surface area contributed by atoms with E-state index in [-0.39, 0.29) is 23.8 Å². The third-order valence-corrected chi connectivity index (χ3v) is 6.83. The van der Waals surface area contributed by atoms with Crippen LogP contribution in [0.3, 0.4) is 0 Å². The van der Waals surface area contributed by atoms with Gasteiger partial charge in [-0.15, -0.1) is 0 Å². The lowest BCUT2D eigenvalue weighted by Gasteiger charge is -2.33. The number of carboxylic acids is 2. The number of aliphatic hydroxyl groups excluding tert-OH is 1. The molecule has 1 aliphatic rings. The third kappa shape index (κ3) is 10.5. The first-order chi connectivity index (χ1) is 19.2. The number of hydrogen-bond donors (Lipinski definition) is 3. The number of aliphatic carboxylic acids is 2. The van der Waals surface area contributed by atoms with Crippen molar-refractivity contribution in [1.29, 1.82) is 0 Å². The van der Waals surface area contributed by atoms with Gasteiger partial charge in [-0.2, -0.15) is 0 Å². The lowest BCUT2D eigenvalue weighted by atomic mass is 9.93. The predicted octanol–water partition coefficient (Wildman–Crippen LogP) is 4.93. The van der Waals surface area contributed by atoms with Gasteiger partial charge in [-0.25, -0.2) is 18.4 Å². The third-order valence-electron chi connectivity index (χ3n) is 6.83. The molecule has 0 amide bonds. The topological polar surface area (TPSA) is 107 Å². The molecule has 0 aromatic heterocycles. The molecule has 3 aromatic rings. The van der Waals surface area contributed by atoms with Crippen LogP contribution in [0.15, 0.2) is 78.9 Å². The zero-order chi connectivity index (χ0) is 28.9. The van der Waals surface area contributed by atoms with Gasteiger partial charge in [0.15, 0.2) is 0 Å². The van der Waals surface area contributed by atoms with Crippen molar-refractivity contribution in [1.82, 2.24) is 4.90 Å². The molecule has 1 fully saturated rings. The van der Waals surface area contributed by atoms with Gasteiger partial charge < -0.3 is 25.0 Å². The number of piperidine rings is 1. The molecule has 214 valence electrons. The standard InChI is InChI=1S/C29H33F2NO2.C2H2O4/c30-26-10-6-24(7-11-26)29(25-8-12-27(31)13-9-25)34-19-16-22-14-17-32(18-15-22)21-28(33)20-23-4-2-1-3-5-23;3-1(4)2(5)6/h1-13,22,28-29,33H,14-21H2;(H,3,4)(H,5,6)/t28-;/m0./s1. The second-order valence-electron chi connectivity index (χ2n) is 9.84. The van der Waals surface area contributed by atoms with Gasteiger partial charge in [0.25, 0.3) is 0 Å². The van der Waals surface area contributed by atoms with Crippen molar-refractivity contribution in [3.63, 3.8) is 0 Å². The Kier molecular flexibility index (Phi) is 12.2. The predicted molar refractivity (Wildman–Crippen MR) is 146 cm³/mol. The second-order valence-corrected chi connectivity index (χ2v) is 9.84. The summed E-state index contributed by atoms with van der Waals surface area (Å²) >= 11 is 0. The summed E-state index contributed by atoms with van der Waals surface area (Å²) in [4.78, 5) is 20.6. The molecule has 9 heteroatoms. The number of benzene rings is 3. The molecular formula is C31H35F2NO6. The number of halogens is 2. The molecule has 0 spiro atoms. The van der Waals surface area contributed by atoms with Crippen LogP contribution < -0.4 is 0 Å². The first kappa shape index (κ1) is 30.9. The van der Waals surface area contributed by atoms with E-state index >= 15 is 0 Å². The number of nitrogens with zero attached hydrogens (tertiary/aromatic N) is 1. The average molecular weight is 556 g/mol. The molecule has 1 aliphatic heterocycles.